The van der Waals surface area contributed by atoms with Crippen LogP contribution in [0.15, 0.2) is 29.3 Å². The van der Waals surface area contributed by atoms with Crippen molar-refractivity contribution in [1.29, 1.82) is 0 Å². The van der Waals surface area contributed by atoms with Gasteiger partial charge in [-0.05, 0) is 56.1 Å². The van der Waals surface area contributed by atoms with Gasteiger partial charge in [0.1, 0.15) is 0 Å². The maximum Gasteiger partial charge on any atom is 0.389 e. The zero-order valence-corrected chi connectivity index (χ0v) is 21.7. The first-order valence-electron chi connectivity index (χ1n) is 13.2. The van der Waals surface area contributed by atoms with E-state index in [1.165, 1.54) is 10.7 Å². The summed E-state index contributed by atoms with van der Waals surface area (Å²) in [4.78, 5) is 33.8. The lowest BCUT2D eigenvalue weighted by atomic mass is 9.81. The number of aryl methyl sites for hydroxylation is 1. The molecule has 0 spiro atoms. The van der Waals surface area contributed by atoms with Crippen LogP contribution in [0.3, 0.4) is 0 Å². The molecule has 9 nitrogen and oxygen atoms in total. The van der Waals surface area contributed by atoms with Crippen LogP contribution in [0.5, 0.6) is 0 Å². The van der Waals surface area contributed by atoms with E-state index in [0.717, 1.165) is 19.2 Å². The van der Waals surface area contributed by atoms with Crippen molar-refractivity contribution in [3.05, 3.63) is 47.6 Å². The van der Waals surface area contributed by atoms with Crippen molar-refractivity contribution in [1.82, 2.24) is 30.2 Å². The standard InChI is InChI=1S/C26H29F5N6O3/c1-14-23(40-13-32-14)24(39)36-22(16-4-7-25(27,28)8-5-16)18-12-37-19(34-18)10-17(11-33-37)21(15-2-3-15)35-20(38)6-9-26(29,30)31/h10-13,15-16,21-22H,2-9H2,1H3,(H,35,38)(H,36,39)/t21?,22-/m0/s1. The Morgan fingerprint density at radius 3 is 2.45 bits per heavy atom. The number of hydrogen-bond acceptors (Lipinski definition) is 6. The second-order valence-corrected chi connectivity index (χ2v) is 10.7. The second-order valence-electron chi connectivity index (χ2n) is 10.7. The van der Waals surface area contributed by atoms with Gasteiger partial charge in [0.2, 0.25) is 17.6 Å². The summed E-state index contributed by atoms with van der Waals surface area (Å²) in [6, 6.07) is 0.473. The number of imidazole rings is 1. The van der Waals surface area contributed by atoms with E-state index in [9.17, 15) is 31.5 Å². The molecule has 0 radical (unpaired) electrons. The van der Waals surface area contributed by atoms with Gasteiger partial charge in [-0.25, -0.2) is 23.3 Å². The number of rotatable bonds is 9. The minimum Gasteiger partial charge on any atom is -0.438 e. The molecule has 2 amide bonds. The third kappa shape index (κ3) is 6.58. The molecule has 14 heteroatoms. The van der Waals surface area contributed by atoms with E-state index in [0.29, 0.717) is 22.6 Å². The van der Waals surface area contributed by atoms with Crippen molar-refractivity contribution in [2.24, 2.45) is 11.8 Å². The Bertz CT molecular complexity index is 1370. The number of halogens is 5. The molecule has 216 valence electrons. The van der Waals surface area contributed by atoms with E-state index in [4.69, 9.17) is 4.42 Å². The first kappa shape index (κ1) is 28.0. The summed E-state index contributed by atoms with van der Waals surface area (Å²) in [5.74, 6) is -4.22. The second kappa shape index (κ2) is 10.8. The fourth-order valence-electron chi connectivity index (χ4n) is 5.19. The number of aromatic nitrogens is 4. The SMILES string of the molecule is Cc1ncoc1C(=O)N[C@H](c1cn2ncc(C(NC(=O)CCC(F)(F)F)C3CC3)cc2n1)C1CCC(F)(F)CC1. The highest BCUT2D eigenvalue weighted by molar-refractivity contribution is 5.92. The largest absolute Gasteiger partial charge is 0.438 e. The number of nitrogens with zero attached hydrogens (tertiary/aromatic N) is 4. The minimum absolute atomic E-state index is 0.0175. The maximum absolute atomic E-state index is 13.9. The number of hydrogen-bond donors (Lipinski definition) is 2. The lowest BCUT2D eigenvalue weighted by Crippen LogP contribution is -2.37. The molecular weight excluding hydrogens is 539 g/mol. The first-order chi connectivity index (χ1) is 18.9. The molecule has 2 aliphatic rings. The normalized spacial score (nSPS) is 19.4. The highest BCUT2D eigenvalue weighted by atomic mass is 19.4. The highest BCUT2D eigenvalue weighted by Gasteiger charge is 2.40. The number of alkyl halides is 5. The summed E-state index contributed by atoms with van der Waals surface area (Å²) in [6.07, 6.45) is -0.644. The Kier molecular flexibility index (Phi) is 7.53. The van der Waals surface area contributed by atoms with Gasteiger partial charge in [0.15, 0.2) is 12.0 Å². The van der Waals surface area contributed by atoms with Crippen LogP contribution in [0.25, 0.3) is 5.65 Å². The summed E-state index contributed by atoms with van der Waals surface area (Å²) < 4.78 is 72.2. The number of carbonyl (C=O) groups excluding carboxylic acids is 2. The minimum atomic E-state index is -4.43. The third-order valence-corrected chi connectivity index (χ3v) is 7.55. The van der Waals surface area contributed by atoms with Gasteiger partial charge in [-0.1, -0.05) is 0 Å². The smallest absolute Gasteiger partial charge is 0.389 e. The molecule has 5 rings (SSSR count). The molecule has 0 bridgehead atoms. The van der Waals surface area contributed by atoms with E-state index in [2.05, 4.69) is 25.7 Å². The molecule has 40 heavy (non-hydrogen) atoms. The van der Waals surface area contributed by atoms with Crippen molar-refractivity contribution < 1.29 is 36.0 Å². The number of amides is 2. The van der Waals surface area contributed by atoms with Gasteiger partial charge < -0.3 is 15.1 Å². The first-order valence-corrected chi connectivity index (χ1v) is 13.2. The van der Waals surface area contributed by atoms with Gasteiger partial charge in [-0.3, -0.25) is 9.59 Å². The van der Waals surface area contributed by atoms with E-state index in [1.807, 2.05) is 0 Å². The molecule has 1 unspecified atom stereocenters. The average molecular weight is 569 g/mol. The van der Waals surface area contributed by atoms with Gasteiger partial charge in [-0.2, -0.15) is 18.3 Å². The van der Waals surface area contributed by atoms with Crippen LogP contribution in [0.2, 0.25) is 0 Å². The van der Waals surface area contributed by atoms with Crippen molar-refractivity contribution in [2.45, 2.75) is 82.5 Å². The molecule has 2 atom stereocenters. The average Bonchev–Trinajstić information content (AvgIpc) is 3.49. The van der Waals surface area contributed by atoms with Crippen LogP contribution < -0.4 is 10.6 Å². The van der Waals surface area contributed by atoms with Crippen molar-refractivity contribution in [3.8, 4) is 0 Å². The molecule has 2 N–H and O–H groups in total. The van der Waals surface area contributed by atoms with Crippen molar-refractivity contribution in [3.63, 3.8) is 0 Å². The molecular formula is C26H29F5N6O3. The van der Waals surface area contributed by atoms with Crippen LogP contribution in [-0.4, -0.2) is 43.5 Å². The summed E-state index contributed by atoms with van der Waals surface area (Å²) in [5.41, 5.74) is 1.79. The predicted molar refractivity (Wildman–Crippen MR) is 130 cm³/mol. The van der Waals surface area contributed by atoms with Crippen LogP contribution in [0.1, 0.15) is 91.0 Å². The third-order valence-electron chi connectivity index (χ3n) is 7.55. The molecule has 2 aliphatic carbocycles. The van der Waals surface area contributed by atoms with E-state index in [-0.39, 0.29) is 43.3 Å². The number of nitrogens with one attached hydrogen (secondary N) is 2. The van der Waals surface area contributed by atoms with E-state index in [1.54, 1.807) is 19.2 Å². The lowest BCUT2D eigenvalue weighted by molar-refractivity contribution is -0.144. The lowest BCUT2D eigenvalue weighted by Gasteiger charge is -2.33. The van der Waals surface area contributed by atoms with Gasteiger partial charge >= 0.3 is 6.18 Å². The Balaban J connectivity index is 1.39. The summed E-state index contributed by atoms with van der Waals surface area (Å²) in [7, 11) is 0. The monoisotopic (exact) mass is 568 g/mol. The Morgan fingerprint density at radius 1 is 1.12 bits per heavy atom. The number of fused-ring (bicyclic) bond motifs is 1. The Hall–Kier alpha value is -3.58. The topological polar surface area (TPSA) is 114 Å². The van der Waals surface area contributed by atoms with E-state index < -0.39 is 48.8 Å². The van der Waals surface area contributed by atoms with Gasteiger partial charge in [0, 0.05) is 19.3 Å². The molecule has 0 saturated heterocycles. The molecule has 3 aromatic rings. The zero-order valence-electron chi connectivity index (χ0n) is 21.7. The summed E-state index contributed by atoms with van der Waals surface area (Å²) in [6.45, 7) is 1.61. The van der Waals surface area contributed by atoms with Crippen molar-refractivity contribution >= 4 is 17.5 Å². The molecule has 0 aromatic carbocycles. The Morgan fingerprint density at radius 2 is 1.82 bits per heavy atom. The van der Waals surface area contributed by atoms with Gasteiger partial charge in [0.25, 0.3) is 5.91 Å². The fourth-order valence-corrected chi connectivity index (χ4v) is 5.19. The Labute approximate surface area is 225 Å². The van der Waals surface area contributed by atoms with Crippen molar-refractivity contribution in [2.75, 3.05) is 0 Å². The fraction of sp³-hybridized carbons (Fsp3) is 0.577. The van der Waals surface area contributed by atoms with E-state index >= 15 is 0 Å². The number of oxazole rings is 1. The van der Waals surface area contributed by atoms with Gasteiger partial charge in [-0.15, -0.1) is 0 Å². The molecule has 2 saturated carbocycles. The summed E-state index contributed by atoms with van der Waals surface area (Å²) >= 11 is 0. The van der Waals surface area contributed by atoms with Crippen LogP contribution in [0, 0.1) is 18.8 Å². The summed E-state index contributed by atoms with van der Waals surface area (Å²) in [5, 5.41) is 9.97. The molecule has 3 heterocycles. The predicted octanol–water partition coefficient (Wildman–Crippen LogP) is 5.23. The molecule has 3 aromatic heterocycles. The quantitative estimate of drug-likeness (QED) is 0.342. The molecule has 0 aliphatic heterocycles. The zero-order chi connectivity index (χ0) is 28.7. The van der Waals surface area contributed by atoms with Crippen LogP contribution in [0.4, 0.5) is 22.0 Å². The maximum atomic E-state index is 13.9. The highest BCUT2D eigenvalue weighted by Crippen LogP contribution is 2.43. The number of carbonyl (C=O) groups is 2. The van der Waals surface area contributed by atoms with Crippen LogP contribution >= 0.6 is 0 Å². The molecule has 2 fully saturated rings. The van der Waals surface area contributed by atoms with Gasteiger partial charge in [0.05, 0.1) is 42.3 Å². The van der Waals surface area contributed by atoms with Crippen LogP contribution in [-0.2, 0) is 4.79 Å².